The number of allylic oxidation sites excluding steroid dienone is 1. The highest BCUT2D eigenvalue weighted by atomic mass is 32.1. The number of ether oxygens (including phenoxy) is 2. The Hall–Kier alpha value is -3.78. The van der Waals surface area contributed by atoms with Crippen molar-refractivity contribution in [2.45, 2.75) is 77.7 Å². The summed E-state index contributed by atoms with van der Waals surface area (Å²) in [6.45, 7) is 8.66. The summed E-state index contributed by atoms with van der Waals surface area (Å²) in [5, 5.41) is 3.73. The van der Waals surface area contributed by atoms with Crippen LogP contribution in [0.5, 0.6) is 11.6 Å². The topological polar surface area (TPSA) is 90.4 Å². The summed E-state index contributed by atoms with van der Waals surface area (Å²) in [4.78, 5) is 34.4. The maximum atomic E-state index is 12.9. The van der Waals surface area contributed by atoms with Gasteiger partial charge in [0.2, 0.25) is 5.88 Å². The third kappa shape index (κ3) is 8.16. The van der Waals surface area contributed by atoms with E-state index in [0.717, 1.165) is 61.3 Å². The van der Waals surface area contributed by atoms with Gasteiger partial charge >= 0.3 is 0 Å². The number of rotatable bonds is 14. The maximum absolute atomic E-state index is 12.9. The fourth-order valence-corrected chi connectivity index (χ4v) is 5.96. The second-order valence-corrected chi connectivity index (χ2v) is 12.2. The molecule has 1 unspecified atom stereocenters. The highest BCUT2D eigenvalue weighted by Gasteiger charge is 2.29. The van der Waals surface area contributed by atoms with Crippen LogP contribution in [0.2, 0.25) is 0 Å². The molecule has 5 rings (SSSR count). The van der Waals surface area contributed by atoms with Crippen molar-refractivity contribution < 1.29 is 19.1 Å². The number of thiazole rings is 1. The Morgan fingerprint density at radius 3 is 2.60 bits per heavy atom. The molecule has 1 amide bonds. The van der Waals surface area contributed by atoms with Crippen LogP contribution in [0.3, 0.4) is 0 Å². The van der Waals surface area contributed by atoms with Gasteiger partial charge in [0.1, 0.15) is 22.5 Å². The number of nitrogens with one attached hydrogen (secondary N) is 1. The lowest BCUT2D eigenvalue weighted by Crippen LogP contribution is -2.21. The molecular weight excluding hydrogens is 546 g/mol. The molecule has 1 atom stereocenters. The van der Waals surface area contributed by atoms with E-state index in [9.17, 15) is 9.59 Å². The number of carbonyl (C=O) groups is 2. The Labute approximate surface area is 252 Å². The lowest BCUT2D eigenvalue weighted by molar-refractivity contribution is -0.120. The fraction of sp³-hybridized carbons (Fsp3) is 0.412. The number of aryl methyl sites for hydroxylation is 2. The normalized spacial score (nSPS) is 16.4. The first-order valence-corrected chi connectivity index (χ1v) is 15.7. The number of hydrogen-bond donors (Lipinski definition) is 1. The van der Waals surface area contributed by atoms with Crippen molar-refractivity contribution in [2.24, 2.45) is 5.92 Å². The van der Waals surface area contributed by atoms with E-state index in [1.807, 2.05) is 43.5 Å². The van der Waals surface area contributed by atoms with Crippen LogP contribution in [0.4, 0.5) is 0 Å². The molecule has 0 aliphatic heterocycles. The lowest BCUT2D eigenvalue weighted by Gasteiger charge is -2.23. The van der Waals surface area contributed by atoms with E-state index in [1.165, 1.54) is 22.5 Å². The average Bonchev–Trinajstić information content (AvgIpc) is 3.78. The number of hydrogen-bond acceptors (Lipinski definition) is 7. The van der Waals surface area contributed by atoms with Crippen molar-refractivity contribution in [2.75, 3.05) is 6.61 Å². The minimum Gasteiger partial charge on any atom is -0.490 e. The molecule has 1 fully saturated rings. The molecular formula is C34H39N3O4S. The van der Waals surface area contributed by atoms with Crippen LogP contribution in [-0.2, 0) is 17.6 Å². The van der Waals surface area contributed by atoms with E-state index in [4.69, 9.17) is 9.47 Å². The third-order valence-electron chi connectivity index (χ3n) is 7.57. The van der Waals surface area contributed by atoms with Crippen LogP contribution in [0.1, 0.15) is 83.4 Å². The number of Topliss-reactive ketones (excluding diaryl/α,β-unsaturated/α-hetero) is 1. The highest BCUT2D eigenvalue weighted by Crippen LogP contribution is 2.32. The van der Waals surface area contributed by atoms with Crippen molar-refractivity contribution >= 4 is 28.7 Å². The van der Waals surface area contributed by atoms with Gasteiger partial charge in [-0.1, -0.05) is 31.2 Å². The molecule has 0 spiro atoms. The van der Waals surface area contributed by atoms with E-state index in [2.05, 4.69) is 40.9 Å². The van der Waals surface area contributed by atoms with E-state index >= 15 is 0 Å². The molecule has 3 aromatic rings. The minimum atomic E-state index is -0.226. The summed E-state index contributed by atoms with van der Waals surface area (Å²) in [6.07, 6.45) is 12.2. The van der Waals surface area contributed by atoms with Gasteiger partial charge in [0.15, 0.2) is 0 Å². The number of carbonyl (C=O) groups excluding carboxylic acids is 2. The summed E-state index contributed by atoms with van der Waals surface area (Å²) in [6, 6.07) is 11.7. The van der Waals surface area contributed by atoms with Crippen LogP contribution in [0, 0.1) is 12.8 Å². The van der Waals surface area contributed by atoms with Gasteiger partial charge in [-0.15, -0.1) is 11.3 Å². The highest BCUT2D eigenvalue weighted by molar-refractivity contribution is 7.13. The molecule has 2 aliphatic carbocycles. The largest absolute Gasteiger partial charge is 0.490 e. The Morgan fingerprint density at radius 2 is 1.93 bits per heavy atom. The monoisotopic (exact) mass is 585 g/mol. The van der Waals surface area contributed by atoms with Crippen molar-refractivity contribution in [1.82, 2.24) is 15.3 Å². The Bertz CT molecular complexity index is 1440. The molecule has 2 aliphatic rings. The second-order valence-electron chi connectivity index (χ2n) is 11.1. The predicted octanol–water partition coefficient (Wildman–Crippen LogP) is 7.05. The maximum Gasteiger partial charge on any atom is 0.267 e. The van der Waals surface area contributed by atoms with Gasteiger partial charge < -0.3 is 14.8 Å². The first-order valence-electron chi connectivity index (χ1n) is 14.9. The lowest BCUT2D eigenvalue weighted by atomic mass is 9.93. The number of ketones is 1. The quantitative estimate of drug-likeness (QED) is 0.204. The zero-order valence-corrected chi connectivity index (χ0v) is 25.3. The van der Waals surface area contributed by atoms with Crippen LogP contribution in [-0.4, -0.2) is 34.4 Å². The molecule has 2 aromatic heterocycles. The van der Waals surface area contributed by atoms with Crippen molar-refractivity contribution in [3.05, 3.63) is 87.5 Å². The number of aromatic nitrogens is 2. The first kappa shape index (κ1) is 29.7. The second kappa shape index (κ2) is 13.9. The summed E-state index contributed by atoms with van der Waals surface area (Å²) < 4.78 is 11.8. The molecule has 7 nitrogen and oxygen atoms in total. The summed E-state index contributed by atoms with van der Waals surface area (Å²) >= 11 is 1.35. The number of nitrogens with zero attached hydrogens (tertiary/aromatic N) is 2. The van der Waals surface area contributed by atoms with Gasteiger partial charge in [0.25, 0.3) is 5.91 Å². The molecule has 220 valence electrons. The average molecular weight is 586 g/mol. The van der Waals surface area contributed by atoms with Gasteiger partial charge in [-0.3, -0.25) is 9.59 Å². The predicted molar refractivity (Wildman–Crippen MR) is 166 cm³/mol. The number of pyridine rings is 1. The number of benzene rings is 1. The molecule has 0 bridgehead atoms. The standard InChI is InChI=1S/C34H39N3O4S/c1-4-19-40-31-17-7-25(21-35-31)20-24-5-12-28(13-6-24)41-29-14-10-26(11-15-29)22(2)37-34(39)33-23(3)36-32(42-33)18-16-30(38)27-8-9-27/h5,7,10-11,14-15,17,21,27-28H,2,4,6,8-9,12-13,16,18-20H2,1,3H3,(H,37,39). The summed E-state index contributed by atoms with van der Waals surface area (Å²) in [5.74, 6) is 1.82. The van der Waals surface area contributed by atoms with Gasteiger partial charge in [0, 0.05) is 43.1 Å². The summed E-state index contributed by atoms with van der Waals surface area (Å²) in [5.41, 5.74) is 4.63. The zero-order valence-electron chi connectivity index (χ0n) is 24.5. The van der Waals surface area contributed by atoms with Gasteiger partial charge in [0.05, 0.1) is 17.3 Å². The molecule has 1 aromatic carbocycles. The molecule has 1 saturated carbocycles. The van der Waals surface area contributed by atoms with Crippen LogP contribution < -0.4 is 14.8 Å². The zero-order chi connectivity index (χ0) is 29.5. The first-order chi connectivity index (χ1) is 20.4. The SMILES string of the molecule is C=C(NC(=O)c1sc(CCC(=O)C2CC2)nc1C)c1ccc(OC2CC=C(Cc3ccc(OCCC)nc3)CC2)cc1. The minimum absolute atomic E-state index is 0.133. The molecule has 2 heterocycles. The Balaban J connectivity index is 1.07. The van der Waals surface area contributed by atoms with Crippen molar-refractivity contribution in [3.63, 3.8) is 0 Å². The number of amides is 1. The molecule has 1 N–H and O–H groups in total. The smallest absolute Gasteiger partial charge is 0.267 e. The van der Waals surface area contributed by atoms with Gasteiger partial charge in [-0.05, 0) is 80.8 Å². The Morgan fingerprint density at radius 1 is 1.12 bits per heavy atom. The van der Waals surface area contributed by atoms with Crippen molar-refractivity contribution in [1.29, 1.82) is 0 Å². The van der Waals surface area contributed by atoms with E-state index < -0.39 is 0 Å². The molecule has 0 radical (unpaired) electrons. The molecule has 8 heteroatoms. The molecule has 0 saturated heterocycles. The van der Waals surface area contributed by atoms with Crippen LogP contribution >= 0.6 is 11.3 Å². The van der Waals surface area contributed by atoms with Gasteiger partial charge in [-0.2, -0.15) is 0 Å². The Kier molecular flexibility index (Phi) is 9.85. The summed E-state index contributed by atoms with van der Waals surface area (Å²) in [7, 11) is 0. The molecule has 42 heavy (non-hydrogen) atoms. The third-order valence-corrected chi connectivity index (χ3v) is 8.79. The van der Waals surface area contributed by atoms with E-state index in [-0.39, 0.29) is 17.9 Å². The fourth-order valence-electron chi connectivity index (χ4n) is 5.00. The van der Waals surface area contributed by atoms with Crippen LogP contribution in [0.25, 0.3) is 5.70 Å². The van der Waals surface area contributed by atoms with Crippen molar-refractivity contribution in [3.8, 4) is 11.6 Å². The van der Waals surface area contributed by atoms with Gasteiger partial charge in [-0.25, -0.2) is 9.97 Å². The van der Waals surface area contributed by atoms with E-state index in [1.54, 1.807) is 0 Å². The van der Waals surface area contributed by atoms with Crippen LogP contribution in [0.15, 0.2) is 60.8 Å². The van der Waals surface area contributed by atoms with E-state index in [0.29, 0.717) is 47.4 Å².